The molecule has 2 heterocycles. The molecule has 0 bridgehead atoms. The normalized spacial score (nSPS) is 13.1. The summed E-state index contributed by atoms with van der Waals surface area (Å²) in [5.41, 5.74) is 4.04. The lowest BCUT2D eigenvalue weighted by Crippen LogP contribution is -2.27. The molecule has 0 radical (unpaired) electrons. The van der Waals surface area contributed by atoms with E-state index in [9.17, 15) is 9.18 Å². The summed E-state index contributed by atoms with van der Waals surface area (Å²) in [6.07, 6.45) is 4.45. The highest BCUT2D eigenvalue weighted by molar-refractivity contribution is 5.94. The number of benzene rings is 2. The van der Waals surface area contributed by atoms with E-state index in [1.807, 2.05) is 18.2 Å². The van der Waals surface area contributed by atoms with Crippen LogP contribution in [0.15, 0.2) is 66.9 Å². The fraction of sp³-hybridized carbons (Fsp3) is 0.217. The summed E-state index contributed by atoms with van der Waals surface area (Å²) >= 11 is 0. The van der Waals surface area contributed by atoms with Crippen molar-refractivity contribution in [2.75, 3.05) is 18.0 Å². The van der Waals surface area contributed by atoms with E-state index in [4.69, 9.17) is 0 Å². The maximum atomic E-state index is 12.9. The Kier molecular flexibility index (Phi) is 5.33. The largest absolute Gasteiger partial charge is 0.352 e. The molecule has 1 aliphatic rings. The molecular weight excluding hydrogens is 353 g/mol. The molecule has 142 valence electrons. The molecule has 1 N–H and O–H groups in total. The van der Waals surface area contributed by atoms with Gasteiger partial charge in [0.25, 0.3) is 5.91 Å². The van der Waals surface area contributed by atoms with Crippen LogP contribution in [0.1, 0.15) is 27.9 Å². The van der Waals surface area contributed by atoms with Gasteiger partial charge in [0.05, 0.1) is 5.56 Å². The number of nitrogens with one attached hydrogen (secondary N) is 1. The van der Waals surface area contributed by atoms with Crippen molar-refractivity contribution in [3.8, 4) is 0 Å². The Hall–Kier alpha value is -3.21. The number of hydrogen-bond donors (Lipinski definition) is 1. The van der Waals surface area contributed by atoms with Crippen molar-refractivity contribution < 1.29 is 9.18 Å². The molecule has 1 amide bonds. The minimum Gasteiger partial charge on any atom is -0.352 e. The molecule has 3 aromatic rings. The lowest BCUT2D eigenvalue weighted by atomic mass is 10.0. The maximum absolute atomic E-state index is 12.9. The third-order valence-corrected chi connectivity index (χ3v) is 5.01. The van der Waals surface area contributed by atoms with E-state index >= 15 is 0 Å². The predicted octanol–water partition coefficient (Wildman–Crippen LogP) is 4.28. The topological polar surface area (TPSA) is 45.2 Å². The number of carbonyl (C=O) groups excluding carboxylic acids is 1. The number of pyridine rings is 1. The minimum absolute atomic E-state index is 0.153. The number of para-hydroxylation sites is 1. The van der Waals surface area contributed by atoms with Crippen LogP contribution in [0.5, 0.6) is 0 Å². The highest BCUT2D eigenvalue weighted by Crippen LogP contribution is 2.32. The van der Waals surface area contributed by atoms with Gasteiger partial charge in [-0.25, -0.2) is 9.37 Å². The van der Waals surface area contributed by atoms with Gasteiger partial charge in [0.2, 0.25) is 0 Å². The molecule has 28 heavy (non-hydrogen) atoms. The Morgan fingerprint density at radius 2 is 1.89 bits per heavy atom. The molecule has 0 fully saturated rings. The molecule has 1 aromatic heterocycles. The van der Waals surface area contributed by atoms with Crippen molar-refractivity contribution in [2.24, 2.45) is 0 Å². The molecule has 2 aromatic carbocycles. The molecule has 0 spiro atoms. The highest BCUT2D eigenvalue weighted by atomic mass is 19.1. The van der Waals surface area contributed by atoms with Crippen LogP contribution in [-0.4, -0.2) is 24.0 Å². The Labute approximate surface area is 164 Å². The monoisotopic (exact) mass is 375 g/mol. The van der Waals surface area contributed by atoms with Gasteiger partial charge in [-0.15, -0.1) is 0 Å². The van der Waals surface area contributed by atoms with Crippen molar-refractivity contribution in [2.45, 2.75) is 19.3 Å². The van der Waals surface area contributed by atoms with Gasteiger partial charge < -0.3 is 10.2 Å². The zero-order valence-electron chi connectivity index (χ0n) is 15.6. The minimum atomic E-state index is -0.254. The lowest BCUT2D eigenvalue weighted by molar-refractivity contribution is 0.0954. The third-order valence-electron chi connectivity index (χ3n) is 5.01. The number of aryl methyl sites for hydroxylation is 1. The number of halogens is 1. The van der Waals surface area contributed by atoms with E-state index in [1.165, 1.54) is 23.4 Å². The van der Waals surface area contributed by atoms with Gasteiger partial charge in [-0.05, 0) is 60.7 Å². The Morgan fingerprint density at radius 3 is 2.68 bits per heavy atom. The number of anilines is 2. The summed E-state index contributed by atoms with van der Waals surface area (Å²) in [5.74, 6) is 0.450. The molecule has 0 unspecified atom stereocenters. The fourth-order valence-corrected chi connectivity index (χ4v) is 3.53. The number of nitrogens with zero attached hydrogens (tertiary/aromatic N) is 2. The maximum Gasteiger partial charge on any atom is 0.252 e. The van der Waals surface area contributed by atoms with Crippen LogP contribution in [0.25, 0.3) is 0 Å². The molecular formula is C23H22FN3O. The van der Waals surface area contributed by atoms with Gasteiger partial charge in [0.1, 0.15) is 11.6 Å². The van der Waals surface area contributed by atoms with E-state index in [1.54, 1.807) is 18.3 Å². The van der Waals surface area contributed by atoms with Crippen LogP contribution in [-0.2, 0) is 12.8 Å². The first-order valence-corrected chi connectivity index (χ1v) is 9.55. The molecule has 4 nitrogen and oxygen atoms in total. The Morgan fingerprint density at radius 1 is 1.07 bits per heavy atom. The molecule has 0 saturated heterocycles. The summed E-state index contributed by atoms with van der Waals surface area (Å²) in [6, 6.07) is 18.4. The van der Waals surface area contributed by atoms with Crippen LogP contribution in [0.2, 0.25) is 0 Å². The van der Waals surface area contributed by atoms with Crippen molar-refractivity contribution in [3.63, 3.8) is 0 Å². The summed E-state index contributed by atoms with van der Waals surface area (Å²) in [6.45, 7) is 1.42. The number of hydrogen-bond acceptors (Lipinski definition) is 3. The highest BCUT2D eigenvalue weighted by Gasteiger charge is 2.18. The Bertz CT molecular complexity index is 954. The number of rotatable bonds is 5. The van der Waals surface area contributed by atoms with Crippen molar-refractivity contribution >= 4 is 17.4 Å². The van der Waals surface area contributed by atoms with Crippen LogP contribution in [0, 0.1) is 5.82 Å². The summed E-state index contributed by atoms with van der Waals surface area (Å²) in [4.78, 5) is 19.1. The Balaban J connectivity index is 1.38. The number of amides is 1. The standard InChI is InChI=1S/C23H22FN3O/c24-20-10-7-17(8-11-20)13-14-25-23(28)19-9-12-22(26-16-19)27-15-3-5-18-4-1-2-6-21(18)27/h1-2,4,6-12,16H,3,5,13-15H2,(H,25,28). The van der Waals surface area contributed by atoms with Crippen molar-refractivity contribution in [3.05, 3.63) is 89.4 Å². The van der Waals surface area contributed by atoms with Gasteiger partial charge in [0.15, 0.2) is 0 Å². The fourth-order valence-electron chi connectivity index (χ4n) is 3.53. The first kappa shape index (κ1) is 18.2. The van der Waals surface area contributed by atoms with E-state index in [0.29, 0.717) is 18.5 Å². The van der Waals surface area contributed by atoms with E-state index in [0.717, 1.165) is 30.8 Å². The second-order valence-electron chi connectivity index (χ2n) is 6.92. The van der Waals surface area contributed by atoms with E-state index in [-0.39, 0.29) is 11.7 Å². The average molecular weight is 375 g/mol. The third kappa shape index (κ3) is 4.03. The number of carbonyl (C=O) groups is 1. The average Bonchev–Trinajstić information content (AvgIpc) is 2.75. The zero-order chi connectivity index (χ0) is 19.3. The molecule has 1 aliphatic heterocycles. The lowest BCUT2D eigenvalue weighted by Gasteiger charge is -2.30. The van der Waals surface area contributed by atoms with Gasteiger partial charge in [-0.1, -0.05) is 30.3 Å². The van der Waals surface area contributed by atoms with Gasteiger partial charge in [-0.3, -0.25) is 4.79 Å². The van der Waals surface area contributed by atoms with Crippen LogP contribution >= 0.6 is 0 Å². The van der Waals surface area contributed by atoms with Crippen molar-refractivity contribution in [1.82, 2.24) is 10.3 Å². The summed E-state index contributed by atoms with van der Waals surface area (Å²) < 4.78 is 12.9. The zero-order valence-corrected chi connectivity index (χ0v) is 15.6. The quantitative estimate of drug-likeness (QED) is 0.724. The molecule has 0 atom stereocenters. The van der Waals surface area contributed by atoms with Gasteiger partial charge in [-0.2, -0.15) is 0 Å². The summed E-state index contributed by atoms with van der Waals surface area (Å²) in [5, 5.41) is 2.89. The SMILES string of the molecule is O=C(NCCc1ccc(F)cc1)c1ccc(N2CCCc3ccccc32)nc1. The van der Waals surface area contributed by atoms with Crippen LogP contribution < -0.4 is 10.2 Å². The second-order valence-corrected chi connectivity index (χ2v) is 6.92. The molecule has 0 saturated carbocycles. The van der Waals surface area contributed by atoms with E-state index in [2.05, 4.69) is 33.4 Å². The second kappa shape index (κ2) is 8.21. The smallest absolute Gasteiger partial charge is 0.252 e. The van der Waals surface area contributed by atoms with Gasteiger partial charge >= 0.3 is 0 Å². The van der Waals surface area contributed by atoms with Gasteiger partial charge in [0, 0.05) is 25.0 Å². The number of fused-ring (bicyclic) bond motifs is 1. The van der Waals surface area contributed by atoms with E-state index < -0.39 is 0 Å². The first-order chi connectivity index (χ1) is 13.7. The van der Waals surface area contributed by atoms with Crippen LogP contribution in [0.4, 0.5) is 15.9 Å². The van der Waals surface area contributed by atoms with Crippen LogP contribution in [0.3, 0.4) is 0 Å². The summed E-state index contributed by atoms with van der Waals surface area (Å²) in [7, 11) is 0. The van der Waals surface area contributed by atoms with Crippen molar-refractivity contribution in [1.29, 1.82) is 0 Å². The molecule has 4 rings (SSSR count). The molecule has 5 heteroatoms. The number of aromatic nitrogens is 1. The first-order valence-electron chi connectivity index (χ1n) is 9.55. The predicted molar refractivity (Wildman–Crippen MR) is 108 cm³/mol. The molecule has 0 aliphatic carbocycles.